The van der Waals surface area contributed by atoms with Crippen LogP contribution in [-0.2, 0) is 28.6 Å². The molecule has 0 spiro atoms. The molecule has 0 aliphatic carbocycles. The maximum Gasteiger partial charge on any atom is 0.416 e. The molecule has 0 bridgehead atoms. The van der Waals surface area contributed by atoms with Crippen LogP contribution in [0.1, 0.15) is 16.7 Å². The molecule has 6 nitrogen and oxygen atoms in total. The van der Waals surface area contributed by atoms with Gasteiger partial charge in [0.15, 0.2) is 0 Å². The van der Waals surface area contributed by atoms with E-state index in [2.05, 4.69) is 10.6 Å². The molecule has 1 fully saturated rings. The Morgan fingerprint density at radius 3 is 2.43 bits per heavy atom. The summed E-state index contributed by atoms with van der Waals surface area (Å²) in [6.07, 6.45) is -4.23. The highest BCUT2D eigenvalue weighted by Gasteiger charge is 2.32. The number of imide groups is 1. The second-order valence-corrected chi connectivity index (χ2v) is 7.71. The summed E-state index contributed by atoms with van der Waals surface area (Å²) in [6.45, 7) is 0. The van der Waals surface area contributed by atoms with E-state index in [0.29, 0.717) is 17.7 Å². The van der Waals surface area contributed by atoms with Gasteiger partial charge < -0.3 is 10.1 Å². The van der Waals surface area contributed by atoms with E-state index in [9.17, 15) is 27.6 Å². The SMILES string of the molecule is COc1ccc(CC2SC(=O)NC2=O)cc1CC(=O)Nc1ccc(C(F)(F)F)cc1. The Morgan fingerprint density at radius 1 is 1.17 bits per heavy atom. The lowest BCUT2D eigenvalue weighted by atomic mass is 10.0. The number of ether oxygens (including phenoxy) is 1. The third-order valence-corrected chi connectivity index (χ3v) is 5.36. The Kier molecular flexibility index (Phi) is 6.35. The van der Waals surface area contributed by atoms with Gasteiger partial charge in [0, 0.05) is 11.3 Å². The molecule has 3 amide bonds. The molecule has 30 heavy (non-hydrogen) atoms. The first-order valence-electron chi connectivity index (χ1n) is 8.80. The number of halogens is 3. The molecule has 2 aromatic rings. The first-order valence-corrected chi connectivity index (χ1v) is 9.68. The fraction of sp³-hybridized carbons (Fsp3) is 0.250. The van der Waals surface area contributed by atoms with Crippen LogP contribution in [0.2, 0.25) is 0 Å². The van der Waals surface area contributed by atoms with Crippen LogP contribution in [0.15, 0.2) is 42.5 Å². The van der Waals surface area contributed by atoms with Gasteiger partial charge in [-0.05, 0) is 42.3 Å². The number of benzene rings is 2. The molecule has 1 atom stereocenters. The molecule has 1 saturated heterocycles. The molecule has 0 saturated carbocycles. The number of thioether (sulfide) groups is 1. The number of hydrogen-bond donors (Lipinski definition) is 2. The molecule has 1 heterocycles. The summed E-state index contributed by atoms with van der Waals surface area (Å²) in [6, 6.07) is 9.26. The van der Waals surface area contributed by atoms with Gasteiger partial charge in [0.2, 0.25) is 11.8 Å². The van der Waals surface area contributed by atoms with Crippen LogP contribution in [0, 0.1) is 0 Å². The highest BCUT2D eigenvalue weighted by Crippen LogP contribution is 2.30. The Balaban J connectivity index is 1.69. The van der Waals surface area contributed by atoms with Crippen LogP contribution in [0.25, 0.3) is 0 Å². The number of carbonyl (C=O) groups excluding carboxylic acids is 3. The molecular weight excluding hydrogens is 421 g/mol. The maximum absolute atomic E-state index is 12.6. The van der Waals surface area contributed by atoms with Crippen molar-refractivity contribution in [1.29, 1.82) is 0 Å². The van der Waals surface area contributed by atoms with Gasteiger partial charge >= 0.3 is 6.18 Å². The number of amides is 3. The van der Waals surface area contributed by atoms with Gasteiger partial charge in [-0.2, -0.15) is 13.2 Å². The summed E-state index contributed by atoms with van der Waals surface area (Å²) in [7, 11) is 1.45. The summed E-state index contributed by atoms with van der Waals surface area (Å²) in [5.74, 6) is -0.336. The molecule has 0 aromatic heterocycles. The van der Waals surface area contributed by atoms with Gasteiger partial charge in [0.1, 0.15) is 5.75 Å². The quantitative estimate of drug-likeness (QED) is 0.717. The molecule has 2 aromatic carbocycles. The largest absolute Gasteiger partial charge is 0.496 e. The van der Waals surface area contributed by atoms with Crippen LogP contribution < -0.4 is 15.4 Å². The predicted molar refractivity (Wildman–Crippen MR) is 105 cm³/mol. The zero-order chi connectivity index (χ0) is 21.9. The highest BCUT2D eigenvalue weighted by molar-refractivity contribution is 8.15. The maximum atomic E-state index is 12.6. The minimum absolute atomic E-state index is 0.0824. The average Bonchev–Trinajstić information content (AvgIpc) is 2.98. The second-order valence-electron chi connectivity index (χ2n) is 6.53. The predicted octanol–water partition coefficient (Wildman–Crippen LogP) is 3.79. The first kappa shape index (κ1) is 21.7. The lowest BCUT2D eigenvalue weighted by Crippen LogP contribution is -2.25. The van der Waals surface area contributed by atoms with Gasteiger partial charge in [-0.15, -0.1) is 0 Å². The molecule has 1 unspecified atom stereocenters. The van der Waals surface area contributed by atoms with Crippen molar-refractivity contribution in [1.82, 2.24) is 5.32 Å². The summed E-state index contributed by atoms with van der Waals surface area (Å²) in [5.41, 5.74) is 0.729. The summed E-state index contributed by atoms with van der Waals surface area (Å²) >= 11 is 0.913. The Morgan fingerprint density at radius 2 is 1.87 bits per heavy atom. The average molecular weight is 438 g/mol. The normalized spacial score (nSPS) is 16.3. The van der Waals surface area contributed by atoms with Crippen molar-refractivity contribution < 1.29 is 32.3 Å². The van der Waals surface area contributed by atoms with Gasteiger partial charge in [0.25, 0.3) is 5.24 Å². The van der Waals surface area contributed by atoms with Crippen LogP contribution in [0.3, 0.4) is 0 Å². The number of methoxy groups -OCH3 is 1. The number of carbonyl (C=O) groups is 3. The number of rotatable bonds is 6. The number of nitrogens with one attached hydrogen (secondary N) is 2. The summed E-state index contributed by atoms with van der Waals surface area (Å²) in [4.78, 5) is 35.4. The van der Waals surface area contributed by atoms with E-state index in [0.717, 1.165) is 29.5 Å². The zero-order valence-electron chi connectivity index (χ0n) is 15.7. The number of hydrogen-bond acceptors (Lipinski definition) is 5. The first-order chi connectivity index (χ1) is 14.2. The number of alkyl halides is 3. The van der Waals surface area contributed by atoms with E-state index in [1.807, 2.05) is 0 Å². The van der Waals surface area contributed by atoms with Crippen LogP contribution in [-0.4, -0.2) is 29.4 Å². The molecular formula is C20H17F3N2O4S. The molecule has 0 radical (unpaired) electrons. The standard InChI is InChI=1S/C20H17F3N2O4S/c1-29-15-7-2-11(9-16-18(27)25-19(28)30-16)8-12(15)10-17(26)24-14-5-3-13(4-6-14)20(21,22)23/h2-8,16H,9-10H2,1H3,(H,24,26)(H,25,27,28). The van der Waals surface area contributed by atoms with Gasteiger partial charge in [-0.1, -0.05) is 23.9 Å². The van der Waals surface area contributed by atoms with Crippen LogP contribution in [0.5, 0.6) is 5.75 Å². The van der Waals surface area contributed by atoms with E-state index in [1.165, 1.54) is 19.2 Å². The third kappa shape index (κ3) is 5.32. The molecule has 158 valence electrons. The van der Waals surface area contributed by atoms with Crippen molar-refractivity contribution in [2.45, 2.75) is 24.3 Å². The monoisotopic (exact) mass is 438 g/mol. The van der Waals surface area contributed by atoms with Crippen molar-refractivity contribution in [2.24, 2.45) is 0 Å². The van der Waals surface area contributed by atoms with E-state index in [4.69, 9.17) is 4.74 Å². The molecule has 3 rings (SSSR count). The van der Waals surface area contributed by atoms with E-state index in [-0.39, 0.29) is 18.0 Å². The van der Waals surface area contributed by atoms with Gasteiger partial charge in [0.05, 0.1) is 24.3 Å². The minimum atomic E-state index is -4.45. The summed E-state index contributed by atoms with van der Waals surface area (Å²) < 4.78 is 43.2. The van der Waals surface area contributed by atoms with E-state index >= 15 is 0 Å². The molecule has 2 N–H and O–H groups in total. The third-order valence-electron chi connectivity index (χ3n) is 4.38. The Labute approximate surface area is 174 Å². The van der Waals surface area contributed by atoms with Gasteiger partial charge in [-0.25, -0.2) is 0 Å². The molecule has 1 aliphatic rings. The van der Waals surface area contributed by atoms with Crippen molar-refractivity contribution in [2.75, 3.05) is 12.4 Å². The van der Waals surface area contributed by atoms with Crippen molar-refractivity contribution in [3.8, 4) is 5.75 Å². The van der Waals surface area contributed by atoms with E-state index in [1.54, 1.807) is 18.2 Å². The van der Waals surface area contributed by atoms with Crippen molar-refractivity contribution in [3.63, 3.8) is 0 Å². The zero-order valence-corrected chi connectivity index (χ0v) is 16.5. The molecule has 10 heteroatoms. The minimum Gasteiger partial charge on any atom is -0.496 e. The lowest BCUT2D eigenvalue weighted by Gasteiger charge is -2.13. The van der Waals surface area contributed by atoms with Gasteiger partial charge in [-0.3, -0.25) is 19.7 Å². The Hall–Kier alpha value is -3.01. The van der Waals surface area contributed by atoms with Crippen LogP contribution >= 0.6 is 11.8 Å². The van der Waals surface area contributed by atoms with Crippen LogP contribution in [0.4, 0.5) is 23.7 Å². The second kappa shape index (κ2) is 8.78. The van der Waals surface area contributed by atoms with Crippen molar-refractivity contribution >= 4 is 34.5 Å². The summed E-state index contributed by atoms with van der Waals surface area (Å²) in [5, 5.41) is 3.84. The lowest BCUT2D eigenvalue weighted by molar-refractivity contribution is -0.137. The smallest absolute Gasteiger partial charge is 0.416 e. The number of anilines is 1. The Bertz CT molecular complexity index is 977. The topological polar surface area (TPSA) is 84.5 Å². The van der Waals surface area contributed by atoms with E-state index < -0.39 is 28.1 Å². The fourth-order valence-corrected chi connectivity index (χ4v) is 3.82. The highest BCUT2D eigenvalue weighted by atomic mass is 32.2. The fourth-order valence-electron chi connectivity index (χ4n) is 2.96. The van der Waals surface area contributed by atoms with Crippen molar-refractivity contribution in [3.05, 3.63) is 59.2 Å². The molecule has 1 aliphatic heterocycles.